The molecule has 0 spiro atoms. The van der Waals surface area contributed by atoms with Crippen molar-refractivity contribution in [3.05, 3.63) is 35.1 Å². The van der Waals surface area contributed by atoms with Gasteiger partial charge in [0.2, 0.25) is 5.91 Å². The van der Waals surface area contributed by atoms with Crippen LogP contribution in [0, 0.1) is 5.92 Å². The number of H-pyrrole nitrogens is 1. The predicted octanol–water partition coefficient (Wildman–Crippen LogP) is 3.54. The van der Waals surface area contributed by atoms with Gasteiger partial charge in [-0.15, -0.1) is 11.3 Å². The van der Waals surface area contributed by atoms with Gasteiger partial charge in [0.1, 0.15) is 22.7 Å². The van der Waals surface area contributed by atoms with Gasteiger partial charge in [-0.25, -0.2) is 14.8 Å². The Morgan fingerprint density at radius 1 is 1.31 bits per heavy atom. The van der Waals surface area contributed by atoms with E-state index < -0.39 is 6.09 Å². The van der Waals surface area contributed by atoms with Crippen molar-refractivity contribution >= 4 is 56.0 Å². The molecule has 36 heavy (non-hydrogen) atoms. The summed E-state index contributed by atoms with van der Waals surface area (Å²) in [6.07, 6.45) is 5.06. The van der Waals surface area contributed by atoms with E-state index in [1.165, 1.54) is 10.4 Å². The van der Waals surface area contributed by atoms with Crippen molar-refractivity contribution in [1.29, 1.82) is 0 Å². The number of rotatable bonds is 8. The fraction of sp³-hybridized carbons (Fsp3) is 0.375. The standard InChI is InChI=1S/C24H27N7O4S/c1-31(2)23(32)13-4-5-15-19(9-13)36-22-20(15)21(26-12-27-22)29-17-8-14-11-28-30-16(14)10-18(17)35-7-3-6-25-24(33)34/h8,10-13,25H,3-7,9H2,1-2H3,(H,28,30)(H,33,34)(H,26,27,29)/t13-/m0/s1. The van der Waals surface area contributed by atoms with Crippen LogP contribution in [-0.4, -0.2) is 69.4 Å². The minimum atomic E-state index is -1.06. The van der Waals surface area contributed by atoms with Gasteiger partial charge in [0.15, 0.2) is 0 Å². The number of benzene rings is 1. The lowest BCUT2D eigenvalue weighted by Gasteiger charge is -2.24. The van der Waals surface area contributed by atoms with Crippen LogP contribution in [0.5, 0.6) is 5.75 Å². The smallest absolute Gasteiger partial charge is 0.404 e. The molecular weight excluding hydrogens is 482 g/mol. The SMILES string of the molecule is CN(C)C(=O)[C@H]1CCc2c(sc3ncnc(Nc4cc5cn[nH]c5cc4OCCCNC(=O)O)c23)C1. The topological polar surface area (TPSA) is 145 Å². The van der Waals surface area contributed by atoms with Gasteiger partial charge in [0.25, 0.3) is 0 Å². The average molecular weight is 510 g/mol. The Kier molecular flexibility index (Phi) is 6.59. The average Bonchev–Trinajstić information content (AvgIpc) is 3.46. The predicted molar refractivity (Wildman–Crippen MR) is 137 cm³/mol. The van der Waals surface area contributed by atoms with Gasteiger partial charge in [-0.05, 0) is 37.3 Å². The van der Waals surface area contributed by atoms with Crippen LogP contribution in [0.2, 0.25) is 0 Å². The maximum atomic E-state index is 12.5. The van der Waals surface area contributed by atoms with Gasteiger partial charge in [0, 0.05) is 42.9 Å². The summed E-state index contributed by atoms with van der Waals surface area (Å²) in [4.78, 5) is 36.0. The Morgan fingerprint density at radius 2 is 2.17 bits per heavy atom. The number of hydrogen-bond donors (Lipinski definition) is 4. The molecule has 1 atom stereocenters. The molecule has 3 heterocycles. The molecule has 0 saturated carbocycles. The molecule has 2 amide bonds. The summed E-state index contributed by atoms with van der Waals surface area (Å²) in [7, 11) is 3.60. The number of aromatic nitrogens is 4. The van der Waals surface area contributed by atoms with Crippen LogP contribution in [0.4, 0.5) is 16.3 Å². The van der Waals surface area contributed by atoms with Crippen molar-refractivity contribution in [2.24, 2.45) is 5.92 Å². The lowest BCUT2D eigenvalue weighted by Crippen LogP contribution is -2.32. The van der Waals surface area contributed by atoms with Crippen molar-refractivity contribution in [2.45, 2.75) is 25.7 Å². The van der Waals surface area contributed by atoms with Crippen molar-refractivity contribution in [1.82, 2.24) is 30.4 Å². The van der Waals surface area contributed by atoms with E-state index in [2.05, 4.69) is 30.8 Å². The van der Waals surface area contributed by atoms with Gasteiger partial charge < -0.3 is 25.4 Å². The van der Waals surface area contributed by atoms with E-state index in [9.17, 15) is 9.59 Å². The lowest BCUT2D eigenvalue weighted by molar-refractivity contribution is -0.133. The molecule has 0 unspecified atom stereocenters. The first kappa shape index (κ1) is 23.8. The number of carboxylic acid groups (broad SMARTS) is 1. The Morgan fingerprint density at radius 3 is 2.97 bits per heavy atom. The van der Waals surface area contributed by atoms with Crippen LogP contribution >= 0.6 is 11.3 Å². The zero-order chi connectivity index (χ0) is 25.2. The number of ether oxygens (including phenoxy) is 1. The van der Waals surface area contributed by atoms with Crippen molar-refractivity contribution < 1.29 is 19.4 Å². The lowest BCUT2D eigenvalue weighted by atomic mass is 9.87. The van der Waals surface area contributed by atoms with Crippen molar-refractivity contribution in [3.8, 4) is 5.75 Å². The number of carbonyl (C=O) groups excluding carboxylic acids is 1. The third kappa shape index (κ3) is 4.76. The van der Waals surface area contributed by atoms with E-state index in [-0.39, 0.29) is 11.8 Å². The number of fused-ring (bicyclic) bond motifs is 4. The van der Waals surface area contributed by atoms with Gasteiger partial charge in [-0.3, -0.25) is 9.89 Å². The number of nitrogens with zero attached hydrogens (tertiary/aromatic N) is 4. The molecule has 1 aliphatic rings. The third-order valence-electron chi connectivity index (χ3n) is 6.28. The minimum absolute atomic E-state index is 0.0101. The molecule has 188 valence electrons. The molecule has 3 aromatic heterocycles. The number of anilines is 2. The highest BCUT2D eigenvalue weighted by molar-refractivity contribution is 7.19. The highest BCUT2D eigenvalue weighted by Gasteiger charge is 2.30. The van der Waals surface area contributed by atoms with E-state index in [0.717, 1.165) is 39.6 Å². The summed E-state index contributed by atoms with van der Waals surface area (Å²) in [5, 5.41) is 23.5. The second kappa shape index (κ2) is 9.97. The molecular formula is C24H27N7O4S. The number of aryl methyl sites for hydroxylation is 1. The number of aromatic amines is 1. The molecule has 0 bridgehead atoms. The molecule has 4 aromatic rings. The Hall–Kier alpha value is -3.93. The Labute approximate surface area is 210 Å². The van der Waals surface area contributed by atoms with E-state index >= 15 is 0 Å². The third-order valence-corrected chi connectivity index (χ3v) is 7.45. The van der Waals surface area contributed by atoms with Crippen LogP contribution in [0.25, 0.3) is 21.1 Å². The van der Waals surface area contributed by atoms with E-state index in [1.54, 1.807) is 42.9 Å². The molecule has 1 aliphatic carbocycles. The first-order valence-electron chi connectivity index (χ1n) is 11.7. The summed E-state index contributed by atoms with van der Waals surface area (Å²) in [6, 6.07) is 3.82. The van der Waals surface area contributed by atoms with Gasteiger partial charge in [-0.2, -0.15) is 5.10 Å². The van der Waals surface area contributed by atoms with Crippen LogP contribution in [0.3, 0.4) is 0 Å². The quantitative estimate of drug-likeness (QED) is 0.264. The molecule has 12 heteroatoms. The molecule has 0 saturated heterocycles. The largest absolute Gasteiger partial charge is 0.491 e. The second-order valence-electron chi connectivity index (χ2n) is 8.94. The van der Waals surface area contributed by atoms with Crippen molar-refractivity contribution in [3.63, 3.8) is 0 Å². The first-order valence-corrected chi connectivity index (χ1v) is 12.5. The van der Waals surface area contributed by atoms with Gasteiger partial charge in [-0.1, -0.05) is 0 Å². The summed E-state index contributed by atoms with van der Waals surface area (Å²) in [6.45, 7) is 0.637. The number of nitrogens with one attached hydrogen (secondary N) is 3. The molecule has 5 rings (SSSR count). The summed E-state index contributed by atoms with van der Waals surface area (Å²) < 4.78 is 6.01. The Bertz CT molecular complexity index is 1430. The first-order chi connectivity index (χ1) is 17.4. The summed E-state index contributed by atoms with van der Waals surface area (Å²) in [5.74, 6) is 1.45. The van der Waals surface area contributed by atoms with Gasteiger partial charge in [0.05, 0.1) is 29.4 Å². The maximum Gasteiger partial charge on any atom is 0.404 e. The molecule has 11 nitrogen and oxygen atoms in total. The number of thiophene rings is 1. The van der Waals surface area contributed by atoms with Crippen LogP contribution < -0.4 is 15.4 Å². The van der Waals surface area contributed by atoms with Crippen LogP contribution in [0.15, 0.2) is 24.7 Å². The highest BCUT2D eigenvalue weighted by atomic mass is 32.1. The Balaban J connectivity index is 1.43. The van der Waals surface area contributed by atoms with Crippen LogP contribution in [-0.2, 0) is 17.6 Å². The highest BCUT2D eigenvalue weighted by Crippen LogP contribution is 2.41. The summed E-state index contributed by atoms with van der Waals surface area (Å²) in [5.41, 5.74) is 2.76. The molecule has 0 fully saturated rings. The second-order valence-corrected chi connectivity index (χ2v) is 10.0. The number of amides is 2. The molecule has 0 radical (unpaired) electrons. The zero-order valence-corrected chi connectivity index (χ0v) is 20.8. The fourth-order valence-electron chi connectivity index (χ4n) is 4.55. The number of hydrogen-bond acceptors (Lipinski definition) is 8. The van der Waals surface area contributed by atoms with Gasteiger partial charge >= 0.3 is 6.09 Å². The number of carbonyl (C=O) groups is 2. The van der Waals surface area contributed by atoms with E-state index in [0.29, 0.717) is 37.6 Å². The fourth-order valence-corrected chi connectivity index (χ4v) is 5.81. The van der Waals surface area contributed by atoms with Crippen molar-refractivity contribution in [2.75, 3.05) is 32.6 Å². The summed E-state index contributed by atoms with van der Waals surface area (Å²) >= 11 is 1.62. The normalized spacial score (nSPS) is 15.0. The maximum absolute atomic E-state index is 12.5. The zero-order valence-electron chi connectivity index (χ0n) is 20.0. The molecule has 4 N–H and O–H groups in total. The van der Waals surface area contributed by atoms with E-state index in [1.807, 2.05) is 12.1 Å². The van der Waals surface area contributed by atoms with E-state index in [4.69, 9.17) is 9.84 Å². The minimum Gasteiger partial charge on any atom is -0.491 e. The monoisotopic (exact) mass is 509 g/mol. The van der Waals surface area contributed by atoms with Crippen LogP contribution in [0.1, 0.15) is 23.3 Å². The molecule has 0 aliphatic heterocycles. The molecule has 1 aromatic carbocycles.